The lowest BCUT2D eigenvalue weighted by Crippen LogP contribution is -2.34. The van der Waals surface area contributed by atoms with Crippen molar-refractivity contribution in [1.29, 1.82) is 0 Å². The molecule has 0 radical (unpaired) electrons. The SMILES string of the molecule is Cc1sc(=O)n(CCC(=O)NC2c3ccccc3CC2O)c1C. The van der Waals surface area contributed by atoms with E-state index in [0.29, 0.717) is 13.0 Å². The Morgan fingerprint density at radius 1 is 1.39 bits per heavy atom. The number of carbonyl (C=O) groups is 1. The largest absolute Gasteiger partial charge is 0.390 e. The van der Waals surface area contributed by atoms with Crippen LogP contribution in [0, 0.1) is 13.8 Å². The Hall–Kier alpha value is -1.92. The molecular formula is C17H20N2O3S. The van der Waals surface area contributed by atoms with Gasteiger partial charge in [0.2, 0.25) is 5.91 Å². The van der Waals surface area contributed by atoms with Gasteiger partial charge in [0.15, 0.2) is 0 Å². The van der Waals surface area contributed by atoms with E-state index in [4.69, 9.17) is 0 Å². The maximum Gasteiger partial charge on any atom is 0.307 e. The van der Waals surface area contributed by atoms with Crippen LogP contribution < -0.4 is 10.2 Å². The van der Waals surface area contributed by atoms with Crippen molar-refractivity contribution in [2.24, 2.45) is 0 Å². The van der Waals surface area contributed by atoms with Crippen LogP contribution in [0.3, 0.4) is 0 Å². The number of nitrogens with one attached hydrogen (secondary N) is 1. The number of aliphatic hydroxyl groups excluding tert-OH is 1. The fourth-order valence-corrected chi connectivity index (χ4v) is 3.91. The van der Waals surface area contributed by atoms with E-state index < -0.39 is 6.10 Å². The van der Waals surface area contributed by atoms with E-state index in [1.54, 1.807) is 4.57 Å². The van der Waals surface area contributed by atoms with Gasteiger partial charge in [-0.25, -0.2) is 0 Å². The van der Waals surface area contributed by atoms with Crippen molar-refractivity contribution < 1.29 is 9.90 Å². The summed E-state index contributed by atoms with van der Waals surface area (Å²) in [7, 11) is 0. The first-order valence-electron chi connectivity index (χ1n) is 7.69. The van der Waals surface area contributed by atoms with E-state index in [2.05, 4.69) is 5.32 Å². The van der Waals surface area contributed by atoms with Crippen molar-refractivity contribution >= 4 is 17.2 Å². The van der Waals surface area contributed by atoms with E-state index >= 15 is 0 Å². The smallest absolute Gasteiger partial charge is 0.307 e. The quantitative estimate of drug-likeness (QED) is 0.895. The van der Waals surface area contributed by atoms with Crippen LogP contribution in [-0.2, 0) is 17.8 Å². The standard InChI is InChI=1S/C17H20N2O3S/c1-10-11(2)23-17(22)19(10)8-7-15(21)18-16-13-6-4-3-5-12(13)9-14(16)20/h3-6,14,16,20H,7-9H2,1-2H3,(H,18,21). The van der Waals surface area contributed by atoms with Crippen LogP contribution in [0.25, 0.3) is 0 Å². The van der Waals surface area contributed by atoms with Crippen molar-refractivity contribution in [3.63, 3.8) is 0 Å². The number of rotatable bonds is 4. The molecule has 1 aliphatic carbocycles. The second-order valence-electron chi connectivity index (χ2n) is 5.93. The molecule has 1 aromatic carbocycles. The minimum Gasteiger partial charge on any atom is -0.390 e. The van der Waals surface area contributed by atoms with Crippen LogP contribution in [-0.4, -0.2) is 21.7 Å². The minimum atomic E-state index is -0.593. The molecule has 0 bridgehead atoms. The molecule has 0 saturated heterocycles. The van der Waals surface area contributed by atoms with Crippen LogP contribution >= 0.6 is 11.3 Å². The molecule has 1 aromatic heterocycles. The molecule has 23 heavy (non-hydrogen) atoms. The number of fused-ring (bicyclic) bond motifs is 1. The summed E-state index contributed by atoms with van der Waals surface area (Å²) in [4.78, 5) is 25.0. The van der Waals surface area contributed by atoms with Crippen LogP contribution in [0.4, 0.5) is 0 Å². The molecule has 0 fully saturated rings. The number of benzene rings is 1. The number of aliphatic hydroxyl groups is 1. The topological polar surface area (TPSA) is 71.3 Å². The van der Waals surface area contributed by atoms with Crippen LogP contribution in [0.15, 0.2) is 29.1 Å². The molecule has 2 unspecified atom stereocenters. The van der Waals surface area contributed by atoms with E-state index in [1.165, 1.54) is 11.3 Å². The summed E-state index contributed by atoms with van der Waals surface area (Å²) in [5, 5.41) is 13.1. The summed E-state index contributed by atoms with van der Waals surface area (Å²) in [6.45, 7) is 4.16. The molecule has 6 heteroatoms. The third-order valence-electron chi connectivity index (χ3n) is 4.46. The van der Waals surface area contributed by atoms with Gasteiger partial charge in [0, 0.05) is 30.0 Å². The zero-order valence-corrected chi connectivity index (χ0v) is 14.0. The summed E-state index contributed by atoms with van der Waals surface area (Å²) in [6.07, 6.45) is 0.190. The first kappa shape index (κ1) is 16.0. The second kappa shape index (κ2) is 6.29. The first-order chi connectivity index (χ1) is 11.0. The number of thiazole rings is 1. The van der Waals surface area contributed by atoms with Crippen LogP contribution in [0.5, 0.6) is 0 Å². The van der Waals surface area contributed by atoms with Crippen molar-refractivity contribution in [3.05, 3.63) is 55.6 Å². The van der Waals surface area contributed by atoms with Gasteiger partial charge in [-0.05, 0) is 25.0 Å². The van der Waals surface area contributed by atoms with Crippen LogP contribution in [0.2, 0.25) is 0 Å². The summed E-state index contributed by atoms with van der Waals surface area (Å²) >= 11 is 1.21. The molecule has 122 valence electrons. The van der Waals surface area contributed by atoms with E-state index in [9.17, 15) is 14.7 Å². The van der Waals surface area contributed by atoms with Crippen LogP contribution in [0.1, 0.15) is 34.2 Å². The van der Waals surface area contributed by atoms with Gasteiger partial charge in [0.05, 0.1) is 12.1 Å². The Balaban J connectivity index is 1.65. The van der Waals surface area contributed by atoms with Gasteiger partial charge in [-0.15, -0.1) is 0 Å². The zero-order valence-electron chi connectivity index (χ0n) is 13.2. The summed E-state index contributed by atoms with van der Waals surface area (Å²) in [6, 6.07) is 7.40. The summed E-state index contributed by atoms with van der Waals surface area (Å²) < 4.78 is 1.64. The number of amides is 1. The van der Waals surface area contributed by atoms with Crippen molar-refractivity contribution in [1.82, 2.24) is 9.88 Å². The molecule has 0 spiro atoms. The average molecular weight is 332 g/mol. The second-order valence-corrected chi connectivity index (χ2v) is 7.09. The molecule has 1 amide bonds. The molecule has 1 heterocycles. The predicted molar refractivity (Wildman–Crippen MR) is 89.7 cm³/mol. The Labute approximate surface area is 138 Å². The van der Waals surface area contributed by atoms with Crippen molar-refractivity contribution in [3.8, 4) is 0 Å². The molecular weight excluding hydrogens is 312 g/mol. The lowest BCUT2D eigenvalue weighted by atomic mass is 10.1. The highest BCUT2D eigenvalue weighted by molar-refractivity contribution is 7.09. The number of aryl methyl sites for hydroxylation is 1. The number of hydrogen-bond donors (Lipinski definition) is 2. The molecule has 2 N–H and O–H groups in total. The highest BCUT2D eigenvalue weighted by Crippen LogP contribution is 2.31. The maximum absolute atomic E-state index is 12.2. The highest BCUT2D eigenvalue weighted by Gasteiger charge is 2.31. The van der Waals surface area contributed by atoms with Gasteiger partial charge in [-0.2, -0.15) is 0 Å². The van der Waals surface area contributed by atoms with Gasteiger partial charge in [0.25, 0.3) is 0 Å². The number of hydrogen-bond acceptors (Lipinski definition) is 4. The number of nitrogens with zero attached hydrogens (tertiary/aromatic N) is 1. The Morgan fingerprint density at radius 2 is 2.13 bits per heavy atom. The van der Waals surface area contributed by atoms with Gasteiger partial charge in [-0.3, -0.25) is 9.59 Å². The zero-order chi connectivity index (χ0) is 16.6. The summed E-state index contributed by atoms with van der Waals surface area (Å²) in [5.41, 5.74) is 2.97. The number of carbonyl (C=O) groups excluding carboxylic acids is 1. The first-order valence-corrected chi connectivity index (χ1v) is 8.51. The van der Waals surface area contributed by atoms with Gasteiger partial charge in [0.1, 0.15) is 0 Å². The van der Waals surface area contributed by atoms with Crippen molar-refractivity contribution in [2.45, 2.75) is 45.4 Å². The fourth-order valence-electron chi connectivity index (χ4n) is 3.05. The molecule has 5 nitrogen and oxygen atoms in total. The number of aromatic nitrogens is 1. The predicted octanol–water partition coefficient (Wildman–Crippen LogP) is 1.69. The third kappa shape index (κ3) is 3.09. The molecule has 1 aliphatic rings. The van der Waals surface area contributed by atoms with E-state index in [0.717, 1.165) is 21.7 Å². The van der Waals surface area contributed by atoms with Gasteiger partial charge in [-0.1, -0.05) is 35.6 Å². The van der Waals surface area contributed by atoms with Gasteiger partial charge >= 0.3 is 4.87 Å². The van der Waals surface area contributed by atoms with E-state index in [1.807, 2.05) is 38.1 Å². The minimum absolute atomic E-state index is 0.0287. The maximum atomic E-state index is 12.2. The Bertz CT molecular complexity index is 793. The molecule has 2 atom stereocenters. The highest BCUT2D eigenvalue weighted by atomic mass is 32.1. The molecule has 0 aliphatic heterocycles. The third-order valence-corrected chi connectivity index (χ3v) is 5.45. The lowest BCUT2D eigenvalue weighted by Gasteiger charge is -2.18. The summed E-state index contributed by atoms with van der Waals surface area (Å²) in [5.74, 6) is -0.152. The molecule has 3 rings (SSSR count). The fraction of sp³-hybridized carbons (Fsp3) is 0.412. The monoisotopic (exact) mass is 332 g/mol. The molecule has 2 aromatic rings. The molecule has 0 saturated carbocycles. The normalized spacial score (nSPS) is 19.6. The van der Waals surface area contributed by atoms with E-state index in [-0.39, 0.29) is 23.2 Å². The Kier molecular flexibility index (Phi) is 4.37. The average Bonchev–Trinajstić information content (AvgIpc) is 2.95. The lowest BCUT2D eigenvalue weighted by molar-refractivity contribution is -0.122. The van der Waals surface area contributed by atoms with Gasteiger partial charge < -0.3 is 15.0 Å². The Morgan fingerprint density at radius 3 is 2.83 bits per heavy atom. The van der Waals surface area contributed by atoms with Crippen molar-refractivity contribution in [2.75, 3.05) is 0 Å².